The number of nitrogens with zero attached hydrogens (tertiary/aromatic N) is 2. The van der Waals surface area contributed by atoms with E-state index in [1.54, 1.807) is 0 Å². The third-order valence-electron chi connectivity index (χ3n) is 6.43. The molecule has 1 unspecified atom stereocenters. The van der Waals surface area contributed by atoms with Gasteiger partial charge >= 0.3 is 0 Å². The molecular weight excluding hydrogens is 330 g/mol. The van der Waals surface area contributed by atoms with Gasteiger partial charge in [0.1, 0.15) is 0 Å². The van der Waals surface area contributed by atoms with Crippen LogP contribution in [0, 0.1) is 17.3 Å². The zero-order chi connectivity index (χ0) is 18.3. The van der Waals surface area contributed by atoms with E-state index in [9.17, 15) is 9.59 Å². The lowest BCUT2D eigenvalue weighted by atomic mass is 9.83. The maximum atomic E-state index is 13.1. The van der Waals surface area contributed by atoms with E-state index in [1.807, 2.05) is 42.1 Å². The Morgan fingerprint density at radius 1 is 1.19 bits per heavy atom. The van der Waals surface area contributed by atoms with Gasteiger partial charge < -0.3 is 19.5 Å². The molecule has 4 heterocycles. The summed E-state index contributed by atoms with van der Waals surface area (Å²) in [7, 11) is 0. The highest BCUT2D eigenvalue weighted by Crippen LogP contribution is 2.37. The predicted octanol–water partition coefficient (Wildman–Crippen LogP) is 1.68. The first-order valence-electron chi connectivity index (χ1n) is 9.75. The summed E-state index contributed by atoms with van der Waals surface area (Å²) >= 11 is 0. The standard InChI is InChI=1S/C20H29N3O3/c1-20(2,17-4-3-7-26-17)19(25)23-12-15-10-22(11-16(15)13-23)18(24)8-14-5-6-21-9-14/h5-6,9,15-17,21H,3-4,7-8,10-13H2,1-2H3/t15-,16+,17?. The molecule has 0 spiro atoms. The zero-order valence-corrected chi connectivity index (χ0v) is 15.7. The number of carbonyl (C=O) groups is 2. The molecule has 3 aliphatic rings. The summed E-state index contributed by atoms with van der Waals surface area (Å²) in [5.41, 5.74) is 0.570. The highest BCUT2D eigenvalue weighted by Gasteiger charge is 2.48. The van der Waals surface area contributed by atoms with Crippen molar-refractivity contribution in [3.05, 3.63) is 24.0 Å². The Bertz CT molecular complexity index is 650. The number of amides is 2. The molecule has 1 N–H and O–H groups in total. The van der Waals surface area contributed by atoms with Gasteiger partial charge in [-0.1, -0.05) is 0 Å². The van der Waals surface area contributed by atoms with Gasteiger partial charge in [0.2, 0.25) is 11.8 Å². The molecule has 1 aromatic heterocycles. The summed E-state index contributed by atoms with van der Waals surface area (Å²) in [6.45, 7) is 7.90. The summed E-state index contributed by atoms with van der Waals surface area (Å²) in [5, 5.41) is 0. The van der Waals surface area contributed by atoms with E-state index >= 15 is 0 Å². The molecule has 4 rings (SSSR count). The van der Waals surface area contributed by atoms with Crippen LogP contribution in [0.1, 0.15) is 32.3 Å². The first kappa shape index (κ1) is 17.6. The van der Waals surface area contributed by atoms with Crippen molar-refractivity contribution in [3.8, 4) is 0 Å². The van der Waals surface area contributed by atoms with Crippen LogP contribution in [0.2, 0.25) is 0 Å². The van der Waals surface area contributed by atoms with Crippen molar-refractivity contribution in [2.24, 2.45) is 17.3 Å². The number of hydrogen-bond donors (Lipinski definition) is 1. The largest absolute Gasteiger partial charge is 0.377 e. The minimum atomic E-state index is -0.459. The van der Waals surface area contributed by atoms with Crippen molar-refractivity contribution in [3.63, 3.8) is 0 Å². The second kappa shape index (κ2) is 6.72. The van der Waals surface area contributed by atoms with Gasteiger partial charge in [0.05, 0.1) is 17.9 Å². The van der Waals surface area contributed by atoms with Crippen LogP contribution in [0.4, 0.5) is 0 Å². The number of H-pyrrole nitrogens is 1. The summed E-state index contributed by atoms with van der Waals surface area (Å²) in [4.78, 5) is 32.6. The molecule has 3 saturated heterocycles. The molecule has 6 nitrogen and oxygen atoms in total. The molecule has 1 aromatic rings. The summed E-state index contributed by atoms with van der Waals surface area (Å²) in [6, 6.07) is 1.95. The van der Waals surface area contributed by atoms with Gasteiger partial charge in [-0.15, -0.1) is 0 Å². The van der Waals surface area contributed by atoms with Gasteiger partial charge in [-0.2, -0.15) is 0 Å². The number of rotatable bonds is 4. The molecule has 0 aliphatic carbocycles. The molecule has 6 heteroatoms. The van der Waals surface area contributed by atoms with Crippen LogP contribution in [0.5, 0.6) is 0 Å². The van der Waals surface area contributed by atoms with E-state index in [-0.39, 0.29) is 17.9 Å². The van der Waals surface area contributed by atoms with Crippen LogP contribution >= 0.6 is 0 Å². The second-order valence-corrected chi connectivity index (χ2v) is 8.65. The van der Waals surface area contributed by atoms with Crippen LogP contribution in [-0.4, -0.2) is 65.5 Å². The third-order valence-corrected chi connectivity index (χ3v) is 6.43. The number of hydrogen-bond acceptors (Lipinski definition) is 3. The molecule has 26 heavy (non-hydrogen) atoms. The van der Waals surface area contributed by atoms with Crippen molar-refractivity contribution < 1.29 is 14.3 Å². The van der Waals surface area contributed by atoms with Gasteiger partial charge in [0, 0.05) is 57.0 Å². The van der Waals surface area contributed by atoms with Crippen molar-refractivity contribution in [1.29, 1.82) is 0 Å². The summed E-state index contributed by atoms with van der Waals surface area (Å²) < 4.78 is 5.79. The third kappa shape index (κ3) is 3.15. The number of likely N-dealkylation sites (tertiary alicyclic amines) is 2. The quantitative estimate of drug-likeness (QED) is 0.889. The molecule has 0 radical (unpaired) electrons. The van der Waals surface area contributed by atoms with E-state index < -0.39 is 5.41 Å². The molecule has 0 aromatic carbocycles. The fraction of sp³-hybridized carbons (Fsp3) is 0.700. The number of fused-ring (bicyclic) bond motifs is 1. The van der Waals surface area contributed by atoms with E-state index in [4.69, 9.17) is 4.74 Å². The Hall–Kier alpha value is -1.82. The molecule has 3 fully saturated rings. The number of nitrogens with one attached hydrogen (secondary N) is 1. The first-order valence-corrected chi connectivity index (χ1v) is 9.75. The second-order valence-electron chi connectivity index (χ2n) is 8.65. The lowest BCUT2D eigenvalue weighted by Crippen LogP contribution is -2.47. The van der Waals surface area contributed by atoms with Crippen molar-refractivity contribution >= 4 is 11.8 Å². The molecule has 2 amide bonds. The average Bonchev–Trinajstić information content (AvgIpc) is 3.35. The highest BCUT2D eigenvalue weighted by atomic mass is 16.5. The van der Waals surface area contributed by atoms with Crippen molar-refractivity contribution in [1.82, 2.24) is 14.8 Å². The summed E-state index contributed by atoms with van der Waals surface area (Å²) in [6.07, 6.45) is 6.24. The van der Waals surface area contributed by atoms with Gasteiger partial charge in [-0.25, -0.2) is 0 Å². The first-order chi connectivity index (χ1) is 12.4. The van der Waals surface area contributed by atoms with Crippen LogP contribution in [-0.2, 0) is 20.7 Å². The van der Waals surface area contributed by atoms with Crippen LogP contribution in [0.3, 0.4) is 0 Å². The topological polar surface area (TPSA) is 65.6 Å². The Kier molecular flexibility index (Phi) is 4.55. The maximum Gasteiger partial charge on any atom is 0.230 e. The van der Waals surface area contributed by atoms with Crippen LogP contribution in [0.15, 0.2) is 18.5 Å². The molecule has 0 saturated carbocycles. The van der Waals surface area contributed by atoms with Gasteiger partial charge in [0.25, 0.3) is 0 Å². The van der Waals surface area contributed by atoms with Crippen LogP contribution < -0.4 is 0 Å². The zero-order valence-electron chi connectivity index (χ0n) is 15.7. The molecule has 142 valence electrons. The minimum absolute atomic E-state index is 0.0369. The molecule has 3 aliphatic heterocycles. The number of aromatic nitrogens is 1. The highest BCUT2D eigenvalue weighted by molar-refractivity contribution is 5.83. The van der Waals surface area contributed by atoms with Crippen molar-refractivity contribution in [2.45, 2.75) is 39.2 Å². The predicted molar refractivity (Wildman–Crippen MR) is 97.4 cm³/mol. The number of ether oxygens (including phenoxy) is 1. The smallest absolute Gasteiger partial charge is 0.230 e. The average molecular weight is 359 g/mol. The number of carbonyl (C=O) groups excluding carboxylic acids is 2. The van der Waals surface area contributed by atoms with Gasteiger partial charge in [-0.3, -0.25) is 9.59 Å². The Labute approximate surface area is 154 Å². The lowest BCUT2D eigenvalue weighted by Gasteiger charge is -2.34. The molecule has 3 atom stereocenters. The van der Waals surface area contributed by atoms with E-state index in [2.05, 4.69) is 4.98 Å². The van der Waals surface area contributed by atoms with E-state index in [0.717, 1.165) is 51.2 Å². The van der Waals surface area contributed by atoms with E-state index in [1.165, 1.54) is 0 Å². The SMILES string of the molecule is CC(C)(C(=O)N1C[C@H]2CN(C(=O)Cc3cc[nH]c3)C[C@H]2C1)C1CCCO1. The normalized spacial score (nSPS) is 28.6. The fourth-order valence-electron chi connectivity index (χ4n) is 4.81. The Morgan fingerprint density at radius 3 is 2.46 bits per heavy atom. The maximum absolute atomic E-state index is 13.1. The summed E-state index contributed by atoms with van der Waals surface area (Å²) in [5.74, 6) is 1.23. The van der Waals surface area contributed by atoms with Gasteiger partial charge in [-0.05, 0) is 38.3 Å². The fourth-order valence-corrected chi connectivity index (χ4v) is 4.81. The monoisotopic (exact) mass is 359 g/mol. The Morgan fingerprint density at radius 2 is 1.88 bits per heavy atom. The minimum Gasteiger partial charge on any atom is -0.377 e. The van der Waals surface area contributed by atoms with Crippen molar-refractivity contribution in [2.75, 3.05) is 32.8 Å². The number of aromatic amines is 1. The lowest BCUT2D eigenvalue weighted by molar-refractivity contribution is -0.146. The van der Waals surface area contributed by atoms with Gasteiger partial charge in [0.15, 0.2) is 0 Å². The van der Waals surface area contributed by atoms with E-state index in [0.29, 0.717) is 18.3 Å². The molecular formula is C20H29N3O3. The molecule has 0 bridgehead atoms. The van der Waals surface area contributed by atoms with Crippen LogP contribution in [0.25, 0.3) is 0 Å². The Balaban J connectivity index is 1.33.